The summed E-state index contributed by atoms with van der Waals surface area (Å²) in [5.74, 6) is -0.750. The molecule has 1 aliphatic heterocycles. The van der Waals surface area contributed by atoms with Crippen molar-refractivity contribution in [2.24, 2.45) is 0 Å². The van der Waals surface area contributed by atoms with Gasteiger partial charge in [-0.15, -0.1) is 0 Å². The molecule has 0 radical (unpaired) electrons. The van der Waals surface area contributed by atoms with Crippen LogP contribution in [0.25, 0.3) is 0 Å². The van der Waals surface area contributed by atoms with Crippen molar-refractivity contribution in [3.8, 4) is 0 Å². The fraction of sp³-hybridized carbons (Fsp3) is 0.467. The van der Waals surface area contributed by atoms with Crippen LogP contribution in [-0.2, 0) is 11.3 Å². The summed E-state index contributed by atoms with van der Waals surface area (Å²) in [5.41, 5.74) is 0.0407. The highest BCUT2D eigenvalue weighted by atomic mass is 35.5. The Morgan fingerprint density at radius 3 is 2.54 bits per heavy atom. The monoisotopic (exact) mass is 357 g/mol. The highest BCUT2D eigenvalue weighted by Gasteiger charge is 2.52. The molecule has 0 unspecified atom stereocenters. The number of amides is 3. The number of urea groups is 1. The molecule has 2 atom stereocenters. The molecule has 1 heterocycles. The van der Waals surface area contributed by atoms with Crippen LogP contribution in [0.15, 0.2) is 18.2 Å². The predicted octanol–water partition coefficient (Wildman–Crippen LogP) is -0.668. The summed E-state index contributed by atoms with van der Waals surface area (Å²) in [4.78, 5) is 25.1. The largest absolute Gasteiger partial charge is 0.394 e. The fourth-order valence-corrected chi connectivity index (χ4v) is 2.93. The second-order valence-corrected chi connectivity index (χ2v) is 6.21. The number of halogens is 1. The molecule has 1 aliphatic rings. The van der Waals surface area contributed by atoms with Gasteiger partial charge in [-0.3, -0.25) is 15.0 Å². The number of hydrogen-bond acceptors (Lipinski definition) is 6. The zero-order valence-corrected chi connectivity index (χ0v) is 13.9. The maximum Gasteiger partial charge on any atom is 0.322 e. The normalized spacial score (nSPS) is 21.8. The molecule has 9 heteroatoms. The number of aliphatic hydroxyl groups is 3. The van der Waals surface area contributed by atoms with Crippen LogP contribution in [0.3, 0.4) is 0 Å². The van der Waals surface area contributed by atoms with Gasteiger partial charge in [-0.1, -0.05) is 17.7 Å². The van der Waals surface area contributed by atoms with E-state index in [1.807, 2.05) is 12.2 Å². The zero-order valence-electron chi connectivity index (χ0n) is 13.1. The Balaban J connectivity index is 2.23. The van der Waals surface area contributed by atoms with Gasteiger partial charge < -0.3 is 20.6 Å². The first-order valence-corrected chi connectivity index (χ1v) is 7.71. The Labute approximate surface area is 144 Å². The molecule has 0 aromatic heterocycles. The first-order valence-electron chi connectivity index (χ1n) is 7.33. The van der Waals surface area contributed by atoms with Gasteiger partial charge in [-0.25, -0.2) is 4.79 Å². The third-order valence-corrected chi connectivity index (χ3v) is 4.32. The van der Waals surface area contributed by atoms with Crippen molar-refractivity contribution in [1.82, 2.24) is 15.5 Å². The molecule has 24 heavy (non-hydrogen) atoms. The van der Waals surface area contributed by atoms with Crippen molar-refractivity contribution >= 4 is 23.5 Å². The van der Waals surface area contributed by atoms with E-state index in [2.05, 4.69) is 5.32 Å². The molecule has 1 fully saturated rings. The molecule has 3 amide bonds. The lowest BCUT2D eigenvalue weighted by atomic mass is 9.91. The van der Waals surface area contributed by atoms with Crippen LogP contribution in [0.4, 0.5) is 4.79 Å². The standard InChI is InChI=1S/C15H20ClN3O5/c1-9-4-11(16)3-2-10(9)5-19(8-21)7-15(12(22)6-20)13(23)17-14(24)18-15/h2-4,12,20-22H,5-8H2,1H3,(H2,17,18,23,24)/t12-,15+/m1/s1. The maximum absolute atomic E-state index is 12.1. The van der Waals surface area contributed by atoms with Crippen molar-refractivity contribution in [3.63, 3.8) is 0 Å². The number of hydrogen-bond donors (Lipinski definition) is 5. The van der Waals surface area contributed by atoms with Gasteiger partial charge in [0.25, 0.3) is 5.91 Å². The summed E-state index contributed by atoms with van der Waals surface area (Å²) in [6.45, 7) is 0.824. The Morgan fingerprint density at radius 2 is 2.04 bits per heavy atom. The number of nitrogens with zero attached hydrogens (tertiary/aromatic N) is 1. The van der Waals surface area contributed by atoms with Crippen molar-refractivity contribution in [3.05, 3.63) is 34.3 Å². The lowest BCUT2D eigenvalue weighted by molar-refractivity contribution is -0.131. The van der Waals surface area contributed by atoms with Crippen LogP contribution in [0.1, 0.15) is 11.1 Å². The van der Waals surface area contributed by atoms with E-state index in [1.165, 1.54) is 4.90 Å². The van der Waals surface area contributed by atoms with Gasteiger partial charge in [0.15, 0.2) is 5.54 Å². The molecule has 8 nitrogen and oxygen atoms in total. The summed E-state index contributed by atoms with van der Waals surface area (Å²) in [6, 6.07) is 4.52. The van der Waals surface area contributed by atoms with E-state index in [0.29, 0.717) is 5.02 Å². The Hall–Kier alpha value is -1.71. The van der Waals surface area contributed by atoms with Crippen LogP contribution in [0.2, 0.25) is 5.02 Å². The number of nitrogens with one attached hydrogen (secondary N) is 2. The minimum Gasteiger partial charge on any atom is -0.394 e. The number of aryl methyl sites for hydroxylation is 1. The van der Waals surface area contributed by atoms with Gasteiger partial charge in [0, 0.05) is 18.1 Å². The van der Waals surface area contributed by atoms with E-state index in [1.54, 1.807) is 18.2 Å². The van der Waals surface area contributed by atoms with Gasteiger partial charge in [0.05, 0.1) is 13.3 Å². The summed E-state index contributed by atoms with van der Waals surface area (Å²) < 4.78 is 0. The lowest BCUT2D eigenvalue weighted by Crippen LogP contribution is -2.63. The molecule has 0 saturated carbocycles. The van der Waals surface area contributed by atoms with Gasteiger partial charge in [-0.05, 0) is 30.2 Å². The number of rotatable bonds is 7. The molecule has 0 spiro atoms. The van der Waals surface area contributed by atoms with E-state index in [0.717, 1.165) is 11.1 Å². The second kappa shape index (κ2) is 7.45. The Bertz CT molecular complexity index is 642. The number of imide groups is 1. The highest BCUT2D eigenvalue weighted by molar-refractivity contribution is 6.30. The fourth-order valence-electron chi connectivity index (χ4n) is 2.70. The first-order chi connectivity index (χ1) is 11.3. The van der Waals surface area contributed by atoms with Crippen LogP contribution >= 0.6 is 11.6 Å². The van der Waals surface area contributed by atoms with E-state index in [-0.39, 0.29) is 13.1 Å². The summed E-state index contributed by atoms with van der Waals surface area (Å²) in [6.07, 6.45) is -1.51. The van der Waals surface area contributed by atoms with Crippen LogP contribution < -0.4 is 10.6 Å². The van der Waals surface area contributed by atoms with Gasteiger partial charge in [-0.2, -0.15) is 0 Å². The minimum atomic E-state index is -1.73. The lowest BCUT2D eigenvalue weighted by Gasteiger charge is -2.35. The maximum atomic E-state index is 12.1. The van der Waals surface area contributed by atoms with Gasteiger partial charge >= 0.3 is 6.03 Å². The molecule has 1 saturated heterocycles. The molecular formula is C15H20ClN3O5. The van der Waals surface area contributed by atoms with Gasteiger partial charge in [0.1, 0.15) is 6.10 Å². The van der Waals surface area contributed by atoms with Crippen LogP contribution in [0.5, 0.6) is 0 Å². The van der Waals surface area contributed by atoms with E-state index in [9.17, 15) is 24.9 Å². The SMILES string of the molecule is Cc1cc(Cl)ccc1CN(CO)C[C@@]1([C@H](O)CO)NC(=O)NC1=O. The average Bonchev–Trinajstić information content (AvgIpc) is 2.82. The minimum absolute atomic E-state index is 0.176. The quantitative estimate of drug-likeness (QED) is 0.326. The van der Waals surface area contributed by atoms with Crippen molar-refractivity contribution in [2.75, 3.05) is 19.9 Å². The molecule has 1 aromatic rings. The van der Waals surface area contributed by atoms with Crippen molar-refractivity contribution < 1.29 is 24.9 Å². The van der Waals surface area contributed by atoms with E-state index in [4.69, 9.17) is 11.6 Å². The topological polar surface area (TPSA) is 122 Å². The molecule has 0 bridgehead atoms. The van der Waals surface area contributed by atoms with Gasteiger partial charge in [0.2, 0.25) is 0 Å². The third-order valence-electron chi connectivity index (χ3n) is 4.08. The number of carbonyl (C=O) groups excluding carboxylic acids is 2. The Morgan fingerprint density at radius 1 is 1.33 bits per heavy atom. The highest BCUT2D eigenvalue weighted by Crippen LogP contribution is 2.21. The van der Waals surface area contributed by atoms with Crippen LogP contribution in [0, 0.1) is 6.92 Å². The van der Waals surface area contributed by atoms with Crippen molar-refractivity contribution in [2.45, 2.75) is 25.1 Å². The second-order valence-electron chi connectivity index (χ2n) is 5.78. The molecule has 132 valence electrons. The number of aliphatic hydroxyl groups excluding tert-OH is 3. The van der Waals surface area contributed by atoms with Crippen LogP contribution in [-0.4, -0.2) is 63.7 Å². The summed E-state index contributed by atoms with van der Waals surface area (Å²) in [7, 11) is 0. The van der Waals surface area contributed by atoms with E-state index >= 15 is 0 Å². The smallest absolute Gasteiger partial charge is 0.322 e. The average molecular weight is 358 g/mol. The third kappa shape index (κ3) is 3.68. The molecule has 0 aliphatic carbocycles. The summed E-state index contributed by atoms with van der Waals surface area (Å²) >= 11 is 5.92. The molecule has 5 N–H and O–H groups in total. The molecular weight excluding hydrogens is 338 g/mol. The van der Waals surface area contributed by atoms with Crippen molar-refractivity contribution in [1.29, 1.82) is 0 Å². The number of carbonyl (C=O) groups is 2. The first kappa shape index (κ1) is 18.6. The Kier molecular flexibility index (Phi) is 5.79. The van der Waals surface area contributed by atoms with E-state index < -0.39 is 36.9 Å². The zero-order chi connectivity index (χ0) is 17.9. The summed E-state index contributed by atoms with van der Waals surface area (Å²) in [5, 5.41) is 33.9. The molecule has 2 rings (SSSR count). The molecule has 1 aromatic carbocycles. The predicted molar refractivity (Wildman–Crippen MR) is 86.2 cm³/mol. The number of benzene rings is 1.